The fourth-order valence-corrected chi connectivity index (χ4v) is 2.08. The van der Waals surface area contributed by atoms with Crippen LogP contribution >= 0.6 is 11.6 Å². The Hall–Kier alpha value is -2.00. The molecule has 0 spiro atoms. The van der Waals surface area contributed by atoms with Gasteiger partial charge in [0, 0.05) is 17.3 Å². The van der Waals surface area contributed by atoms with Gasteiger partial charge in [0.05, 0.1) is 0 Å². The fourth-order valence-electron chi connectivity index (χ4n) is 1.96. The van der Waals surface area contributed by atoms with Crippen LogP contribution in [-0.2, 0) is 6.42 Å². The molecule has 0 unspecified atom stereocenters. The fraction of sp³-hybridized carbons (Fsp3) is 0.235. The van der Waals surface area contributed by atoms with Gasteiger partial charge in [-0.05, 0) is 49.6 Å². The Morgan fingerprint density at radius 1 is 1.10 bits per heavy atom. The van der Waals surface area contributed by atoms with Crippen LogP contribution in [0.25, 0.3) is 0 Å². The lowest BCUT2D eigenvalue weighted by Crippen LogP contribution is -2.22. The molecule has 110 valence electrons. The quantitative estimate of drug-likeness (QED) is 0.498. The first-order valence-corrected chi connectivity index (χ1v) is 7.39. The predicted octanol–water partition coefficient (Wildman–Crippen LogP) is 4.01. The molecule has 0 aromatic heterocycles. The van der Waals surface area contributed by atoms with Crippen molar-refractivity contribution in [2.24, 2.45) is 10.7 Å². The second-order valence-corrected chi connectivity index (χ2v) is 5.42. The average Bonchev–Trinajstić information content (AvgIpc) is 2.48. The minimum atomic E-state index is 0.454. The van der Waals surface area contributed by atoms with Gasteiger partial charge >= 0.3 is 0 Å². The number of hydrogen-bond acceptors (Lipinski definition) is 1. The van der Waals surface area contributed by atoms with Crippen molar-refractivity contribution in [3.63, 3.8) is 0 Å². The maximum atomic E-state index is 5.86. The molecule has 0 aliphatic rings. The lowest BCUT2D eigenvalue weighted by atomic mass is 10.1. The van der Waals surface area contributed by atoms with Crippen LogP contribution in [0, 0.1) is 6.92 Å². The second kappa shape index (κ2) is 7.70. The highest BCUT2D eigenvalue weighted by Gasteiger charge is 1.96. The summed E-state index contributed by atoms with van der Waals surface area (Å²) in [5, 5.41) is 3.85. The molecular formula is C17H20ClN3. The van der Waals surface area contributed by atoms with Gasteiger partial charge in [-0.25, -0.2) is 0 Å². The van der Waals surface area contributed by atoms with E-state index in [-0.39, 0.29) is 0 Å². The molecule has 0 saturated carbocycles. The van der Waals surface area contributed by atoms with E-state index in [1.807, 2.05) is 48.5 Å². The van der Waals surface area contributed by atoms with E-state index in [0.29, 0.717) is 12.5 Å². The van der Waals surface area contributed by atoms with E-state index >= 15 is 0 Å². The Kier molecular flexibility index (Phi) is 5.64. The van der Waals surface area contributed by atoms with Crippen LogP contribution in [0.1, 0.15) is 17.5 Å². The molecule has 0 saturated heterocycles. The first-order chi connectivity index (χ1) is 10.1. The second-order valence-electron chi connectivity index (χ2n) is 4.99. The van der Waals surface area contributed by atoms with E-state index in [0.717, 1.165) is 23.6 Å². The van der Waals surface area contributed by atoms with Crippen molar-refractivity contribution < 1.29 is 0 Å². The normalized spacial score (nSPS) is 11.4. The molecule has 0 bridgehead atoms. The third-order valence-electron chi connectivity index (χ3n) is 3.14. The van der Waals surface area contributed by atoms with Gasteiger partial charge in [0.1, 0.15) is 0 Å². The molecule has 0 aliphatic heterocycles. The summed E-state index contributed by atoms with van der Waals surface area (Å²) < 4.78 is 0. The van der Waals surface area contributed by atoms with E-state index in [1.165, 1.54) is 11.1 Å². The third-order valence-corrected chi connectivity index (χ3v) is 3.39. The smallest absolute Gasteiger partial charge is 0.193 e. The number of nitrogens with two attached hydrogens (primary N) is 1. The Labute approximate surface area is 130 Å². The number of nitrogens with zero attached hydrogens (tertiary/aromatic N) is 1. The Morgan fingerprint density at radius 3 is 2.43 bits per heavy atom. The van der Waals surface area contributed by atoms with Gasteiger partial charge in [0.2, 0.25) is 0 Å². The zero-order chi connectivity index (χ0) is 15.1. The topological polar surface area (TPSA) is 50.4 Å². The Bertz CT molecular complexity index is 588. The van der Waals surface area contributed by atoms with Gasteiger partial charge in [-0.1, -0.05) is 41.4 Å². The molecule has 0 atom stereocenters. The van der Waals surface area contributed by atoms with E-state index < -0.39 is 0 Å². The molecule has 2 aromatic rings. The minimum absolute atomic E-state index is 0.454. The molecule has 3 nitrogen and oxygen atoms in total. The van der Waals surface area contributed by atoms with Crippen molar-refractivity contribution >= 4 is 23.2 Å². The van der Waals surface area contributed by atoms with Gasteiger partial charge in [-0.3, -0.25) is 4.99 Å². The number of benzene rings is 2. The van der Waals surface area contributed by atoms with Gasteiger partial charge in [0.25, 0.3) is 0 Å². The van der Waals surface area contributed by atoms with Crippen molar-refractivity contribution in [3.05, 3.63) is 64.7 Å². The number of aryl methyl sites for hydroxylation is 2. The van der Waals surface area contributed by atoms with Gasteiger partial charge < -0.3 is 11.1 Å². The molecular weight excluding hydrogens is 282 g/mol. The maximum absolute atomic E-state index is 5.86. The van der Waals surface area contributed by atoms with E-state index in [1.54, 1.807) is 0 Å². The van der Waals surface area contributed by atoms with Crippen LogP contribution in [-0.4, -0.2) is 12.5 Å². The standard InChI is InChI=1S/C17H20ClN3/c1-13-4-10-16(11-5-13)21-17(19)20-12-2-3-14-6-8-15(18)9-7-14/h4-11H,2-3,12H2,1H3,(H3,19,20,21). The molecule has 21 heavy (non-hydrogen) atoms. The molecule has 0 fully saturated rings. The lowest BCUT2D eigenvalue weighted by Gasteiger charge is -2.06. The van der Waals surface area contributed by atoms with Crippen molar-refractivity contribution in [1.82, 2.24) is 0 Å². The Morgan fingerprint density at radius 2 is 1.76 bits per heavy atom. The molecule has 2 aromatic carbocycles. The highest BCUT2D eigenvalue weighted by molar-refractivity contribution is 6.30. The molecule has 0 aliphatic carbocycles. The average molecular weight is 302 g/mol. The summed E-state index contributed by atoms with van der Waals surface area (Å²) in [5.41, 5.74) is 9.31. The summed E-state index contributed by atoms with van der Waals surface area (Å²) in [4.78, 5) is 4.33. The van der Waals surface area contributed by atoms with Gasteiger partial charge in [0.15, 0.2) is 5.96 Å². The molecule has 3 N–H and O–H groups in total. The monoisotopic (exact) mass is 301 g/mol. The van der Waals surface area contributed by atoms with Crippen molar-refractivity contribution in [2.75, 3.05) is 11.9 Å². The first kappa shape index (κ1) is 15.4. The minimum Gasteiger partial charge on any atom is -0.370 e. The largest absolute Gasteiger partial charge is 0.370 e. The Balaban J connectivity index is 1.75. The van der Waals surface area contributed by atoms with Crippen molar-refractivity contribution in [3.8, 4) is 0 Å². The number of halogens is 1. The van der Waals surface area contributed by atoms with Crippen molar-refractivity contribution in [1.29, 1.82) is 0 Å². The zero-order valence-electron chi connectivity index (χ0n) is 12.1. The number of nitrogens with one attached hydrogen (secondary N) is 1. The van der Waals surface area contributed by atoms with Gasteiger partial charge in [-0.15, -0.1) is 0 Å². The van der Waals surface area contributed by atoms with Crippen LogP contribution in [0.15, 0.2) is 53.5 Å². The first-order valence-electron chi connectivity index (χ1n) is 7.01. The highest BCUT2D eigenvalue weighted by atomic mass is 35.5. The van der Waals surface area contributed by atoms with E-state index in [9.17, 15) is 0 Å². The third kappa shape index (κ3) is 5.48. The van der Waals surface area contributed by atoms with E-state index in [2.05, 4.69) is 17.2 Å². The number of rotatable bonds is 5. The maximum Gasteiger partial charge on any atom is 0.193 e. The zero-order valence-corrected chi connectivity index (χ0v) is 12.9. The number of aliphatic imine (C=N–C) groups is 1. The predicted molar refractivity (Wildman–Crippen MR) is 91.1 cm³/mol. The summed E-state index contributed by atoms with van der Waals surface area (Å²) in [6, 6.07) is 16.0. The van der Waals surface area contributed by atoms with Crippen molar-refractivity contribution in [2.45, 2.75) is 19.8 Å². The molecule has 0 heterocycles. The molecule has 0 amide bonds. The highest BCUT2D eigenvalue weighted by Crippen LogP contribution is 2.11. The van der Waals surface area contributed by atoms with E-state index in [4.69, 9.17) is 17.3 Å². The summed E-state index contributed by atoms with van der Waals surface area (Å²) >= 11 is 5.85. The SMILES string of the molecule is Cc1ccc(NC(N)=NCCCc2ccc(Cl)cc2)cc1. The summed E-state index contributed by atoms with van der Waals surface area (Å²) in [7, 11) is 0. The van der Waals surface area contributed by atoms with Gasteiger partial charge in [-0.2, -0.15) is 0 Å². The lowest BCUT2D eigenvalue weighted by molar-refractivity contribution is 0.832. The molecule has 4 heteroatoms. The molecule has 0 radical (unpaired) electrons. The van der Waals surface area contributed by atoms with Crippen LogP contribution in [0.3, 0.4) is 0 Å². The molecule has 2 rings (SSSR count). The summed E-state index contributed by atoms with van der Waals surface area (Å²) in [6.45, 7) is 2.76. The number of hydrogen-bond donors (Lipinski definition) is 2. The number of guanidine groups is 1. The number of anilines is 1. The summed E-state index contributed by atoms with van der Waals surface area (Å²) in [5.74, 6) is 0.454. The summed E-state index contributed by atoms with van der Waals surface area (Å²) in [6.07, 6.45) is 1.93. The van der Waals surface area contributed by atoms with Crippen LogP contribution in [0.2, 0.25) is 5.02 Å². The van der Waals surface area contributed by atoms with Crippen LogP contribution < -0.4 is 11.1 Å². The van der Waals surface area contributed by atoms with Crippen LogP contribution in [0.4, 0.5) is 5.69 Å². The van der Waals surface area contributed by atoms with Crippen LogP contribution in [0.5, 0.6) is 0 Å².